The predicted octanol–water partition coefficient (Wildman–Crippen LogP) is 2.21. The maximum Gasteiger partial charge on any atom is 0.147 e. The third-order valence-electron chi connectivity index (χ3n) is 3.68. The van der Waals surface area contributed by atoms with E-state index in [2.05, 4.69) is 41.1 Å². The molecule has 0 amide bonds. The molecule has 1 aromatic heterocycles. The van der Waals surface area contributed by atoms with Gasteiger partial charge in [0.05, 0.1) is 11.9 Å². The van der Waals surface area contributed by atoms with Crippen LogP contribution in [0.5, 0.6) is 0 Å². The minimum atomic E-state index is 0.568. The third kappa shape index (κ3) is 3.42. The van der Waals surface area contributed by atoms with Gasteiger partial charge in [-0.1, -0.05) is 6.92 Å². The first-order chi connectivity index (χ1) is 8.72. The normalized spacial score (nSPS) is 16.6. The number of nitrogens with one attached hydrogen (secondary N) is 1. The molecule has 1 aliphatic carbocycles. The van der Waals surface area contributed by atoms with E-state index in [9.17, 15) is 0 Å². The summed E-state index contributed by atoms with van der Waals surface area (Å²) in [6.45, 7) is 6.28. The first-order valence-electron chi connectivity index (χ1n) is 6.96. The van der Waals surface area contributed by atoms with E-state index in [-0.39, 0.29) is 0 Å². The molecule has 0 spiro atoms. The number of hydrogen-bond donors (Lipinski definition) is 1. The van der Waals surface area contributed by atoms with Crippen LogP contribution < -0.4 is 10.2 Å². The molecule has 4 heteroatoms. The van der Waals surface area contributed by atoms with Crippen LogP contribution in [0.3, 0.4) is 0 Å². The van der Waals surface area contributed by atoms with E-state index >= 15 is 0 Å². The van der Waals surface area contributed by atoms with E-state index in [4.69, 9.17) is 0 Å². The van der Waals surface area contributed by atoms with Gasteiger partial charge in [-0.3, -0.25) is 4.98 Å². The molecule has 0 aromatic carbocycles. The van der Waals surface area contributed by atoms with Gasteiger partial charge in [0.1, 0.15) is 5.82 Å². The highest BCUT2D eigenvalue weighted by Gasteiger charge is 2.31. The summed E-state index contributed by atoms with van der Waals surface area (Å²) in [5, 5.41) is 3.36. The second kappa shape index (κ2) is 6.14. The van der Waals surface area contributed by atoms with Crippen molar-refractivity contribution in [1.29, 1.82) is 0 Å². The lowest BCUT2D eigenvalue weighted by Crippen LogP contribution is -2.31. The molecule has 1 atom stereocenters. The average Bonchev–Trinajstić information content (AvgIpc) is 3.22. The van der Waals surface area contributed by atoms with Crippen molar-refractivity contribution < 1.29 is 0 Å². The van der Waals surface area contributed by atoms with Gasteiger partial charge in [-0.25, -0.2) is 4.98 Å². The van der Waals surface area contributed by atoms with Crippen molar-refractivity contribution >= 4 is 5.82 Å². The summed E-state index contributed by atoms with van der Waals surface area (Å²) in [4.78, 5) is 11.2. The van der Waals surface area contributed by atoms with Crippen LogP contribution in [0.15, 0.2) is 12.4 Å². The van der Waals surface area contributed by atoms with Crippen molar-refractivity contribution in [3.63, 3.8) is 0 Å². The molecule has 0 radical (unpaired) electrons. The Labute approximate surface area is 110 Å². The molecule has 18 heavy (non-hydrogen) atoms. The van der Waals surface area contributed by atoms with E-state index in [0.29, 0.717) is 6.04 Å². The molecule has 0 aliphatic heterocycles. The monoisotopic (exact) mass is 248 g/mol. The lowest BCUT2D eigenvalue weighted by molar-refractivity contribution is 0.599. The van der Waals surface area contributed by atoms with Crippen LogP contribution in [-0.2, 0) is 6.54 Å². The largest absolute Gasteiger partial charge is 0.355 e. The quantitative estimate of drug-likeness (QED) is 0.751. The van der Waals surface area contributed by atoms with E-state index in [1.54, 1.807) is 0 Å². The first-order valence-corrected chi connectivity index (χ1v) is 6.96. The summed E-state index contributed by atoms with van der Waals surface area (Å²) in [5.41, 5.74) is 1.02. The fraction of sp³-hybridized carbons (Fsp3) is 0.714. The Morgan fingerprint density at radius 3 is 2.89 bits per heavy atom. The van der Waals surface area contributed by atoms with Crippen LogP contribution >= 0.6 is 0 Å². The second-order valence-electron chi connectivity index (χ2n) is 5.23. The van der Waals surface area contributed by atoms with Crippen LogP contribution in [0.2, 0.25) is 0 Å². The maximum absolute atomic E-state index is 4.68. The molecule has 1 heterocycles. The van der Waals surface area contributed by atoms with Crippen LogP contribution in [0.4, 0.5) is 5.82 Å². The molecule has 1 fully saturated rings. The highest BCUT2D eigenvalue weighted by Crippen LogP contribution is 2.35. The van der Waals surface area contributed by atoms with Crippen molar-refractivity contribution in [1.82, 2.24) is 15.3 Å². The lowest BCUT2D eigenvalue weighted by Gasteiger charge is -2.25. The summed E-state index contributed by atoms with van der Waals surface area (Å²) in [5.74, 6) is 1.84. The van der Waals surface area contributed by atoms with Gasteiger partial charge in [-0.2, -0.15) is 0 Å². The number of rotatable bonds is 7. The number of nitrogens with zero attached hydrogens (tertiary/aromatic N) is 3. The SMILES string of the molecule is CCCNCc1cncc(N(C)C(C)C2CC2)n1. The summed E-state index contributed by atoms with van der Waals surface area (Å²) in [7, 11) is 2.12. The lowest BCUT2D eigenvalue weighted by atomic mass is 10.2. The van der Waals surface area contributed by atoms with Crippen molar-refractivity contribution in [3.8, 4) is 0 Å². The highest BCUT2D eigenvalue weighted by atomic mass is 15.2. The number of aromatic nitrogens is 2. The Balaban J connectivity index is 1.96. The van der Waals surface area contributed by atoms with E-state index in [0.717, 1.165) is 36.9 Å². The van der Waals surface area contributed by atoms with Crippen LogP contribution in [0, 0.1) is 5.92 Å². The highest BCUT2D eigenvalue weighted by molar-refractivity contribution is 5.37. The van der Waals surface area contributed by atoms with E-state index < -0.39 is 0 Å². The zero-order chi connectivity index (χ0) is 13.0. The van der Waals surface area contributed by atoms with Gasteiger partial charge in [0.15, 0.2) is 0 Å². The van der Waals surface area contributed by atoms with Crippen LogP contribution in [0.1, 0.15) is 38.8 Å². The van der Waals surface area contributed by atoms with Gasteiger partial charge < -0.3 is 10.2 Å². The van der Waals surface area contributed by atoms with Gasteiger partial charge in [0.2, 0.25) is 0 Å². The zero-order valence-corrected chi connectivity index (χ0v) is 11.7. The summed E-state index contributed by atoms with van der Waals surface area (Å²) in [6.07, 6.45) is 7.57. The van der Waals surface area contributed by atoms with E-state index in [1.165, 1.54) is 12.8 Å². The minimum Gasteiger partial charge on any atom is -0.355 e. The first kappa shape index (κ1) is 13.3. The fourth-order valence-electron chi connectivity index (χ4n) is 2.15. The smallest absolute Gasteiger partial charge is 0.147 e. The topological polar surface area (TPSA) is 41.1 Å². The molecule has 0 bridgehead atoms. The molecule has 1 aliphatic rings. The molecular weight excluding hydrogens is 224 g/mol. The molecule has 0 saturated heterocycles. The predicted molar refractivity (Wildman–Crippen MR) is 74.6 cm³/mol. The summed E-state index contributed by atoms with van der Waals surface area (Å²) in [6, 6.07) is 0.568. The second-order valence-corrected chi connectivity index (χ2v) is 5.23. The van der Waals surface area contributed by atoms with Gasteiger partial charge in [-0.15, -0.1) is 0 Å². The molecule has 1 unspecified atom stereocenters. The van der Waals surface area contributed by atoms with Gasteiger partial charge in [0, 0.05) is 25.8 Å². The molecule has 1 N–H and O–H groups in total. The van der Waals surface area contributed by atoms with Gasteiger partial charge >= 0.3 is 0 Å². The number of hydrogen-bond acceptors (Lipinski definition) is 4. The Kier molecular flexibility index (Phi) is 4.53. The summed E-state index contributed by atoms with van der Waals surface area (Å²) >= 11 is 0. The van der Waals surface area contributed by atoms with Crippen LogP contribution in [-0.4, -0.2) is 29.6 Å². The Hall–Kier alpha value is -1.16. The van der Waals surface area contributed by atoms with E-state index in [1.807, 2.05) is 12.4 Å². The molecule has 1 saturated carbocycles. The molecule has 2 rings (SSSR count). The minimum absolute atomic E-state index is 0.568. The summed E-state index contributed by atoms with van der Waals surface area (Å²) < 4.78 is 0. The fourth-order valence-corrected chi connectivity index (χ4v) is 2.15. The van der Waals surface area contributed by atoms with Crippen molar-refractivity contribution in [2.24, 2.45) is 5.92 Å². The Morgan fingerprint density at radius 1 is 1.44 bits per heavy atom. The Morgan fingerprint density at radius 2 is 2.22 bits per heavy atom. The van der Waals surface area contributed by atoms with Gasteiger partial charge in [0.25, 0.3) is 0 Å². The molecular formula is C14H24N4. The maximum atomic E-state index is 4.68. The standard InChI is InChI=1S/C14H24N4/c1-4-7-15-8-13-9-16-10-14(17-13)18(3)11(2)12-5-6-12/h9-12,15H,4-8H2,1-3H3. The molecule has 1 aromatic rings. The zero-order valence-electron chi connectivity index (χ0n) is 11.7. The number of anilines is 1. The van der Waals surface area contributed by atoms with Crippen molar-refractivity contribution in [3.05, 3.63) is 18.1 Å². The average molecular weight is 248 g/mol. The van der Waals surface area contributed by atoms with Crippen molar-refractivity contribution in [2.45, 2.75) is 45.7 Å². The Bertz CT molecular complexity index is 376. The van der Waals surface area contributed by atoms with Crippen molar-refractivity contribution in [2.75, 3.05) is 18.5 Å². The third-order valence-corrected chi connectivity index (χ3v) is 3.68. The van der Waals surface area contributed by atoms with Gasteiger partial charge in [-0.05, 0) is 38.6 Å². The molecule has 100 valence electrons. The van der Waals surface area contributed by atoms with Crippen LogP contribution in [0.25, 0.3) is 0 Å². The molecule has 4 nitrogen and oxygen atoms in total.